The molecule has 0 radical (unpaired) electrons. The normalized spacial score (nSPS) is 10.5. The van der Waals surface area contributed by atoms with Crippen LogP contribution in [0.1, 0.15) is 16.1 Å². The molecule has 0 atom stereocenters. The predicted octanol–water partition coefficient (Wildman–Crippen LogP) is 0.840. The molecule has 0 amide bonds. The van der Waals surface area contributed by atoms with E-state index in [9.17, 15) is 9.90 Å². The number of carboxylic acids is 1. The fourth-order valence-corrected chi connectivity index (χ4v) is 1.36. The van der Waals surface area contributed by atoms with Gasteiger partial charge in [0.25, 0.3) is 0 Å². The fraction of sp³-hybridized carbons (Fsp3) is 0.100. The largest absolute Gasteiger partial charge is 0.543 e. The molecule has 0 saturated carbocycles. The number of aromatic nitrogens is 1. The number of carbonyl (C=O) groups excluding carboxylic acids is 1. The zero-order chi connectivity index (χ0) is 9.42. The minimum atomic E-state index is -1.17. The van der Waals surface area contributed by atoms with E-state index in [0.717, 1.165) is 16.5 Å². The average Bonchev–Trinajstić information content (AvgIpc) is 2.46. The van der Waals surface area contributed by atoms with E-state index < -0.39 is 5.97 Å². The summed E-state index contributed by atoms with van der Waals surface area (Å²) in [5.41, 5.74) is 2.06. The van der Waals surface area contributed by atoms with Gasteiger partial charge in [0.15, 0.2) is 0 Å². The average molecular weight is 174 g/mol. The Morgan fingerprint density at radius 3 is 2.85 bits per heavy atom. The van der Waals surface area contributed by atoms with E-state index in [1.54, 1.807) is 6.07 Å². The molecular weight excluding hydrogens is 166 g/mol. The summed E-state index contributed by atoms with van der Waals surface area (Å²) in [5.74, 6) is -1.17. The van der Waals surface area contributed by atoms with Gasteiger partial charge in [0, 0.05) is 10.9 Å². The van der Waals surface area contributed by atoms with Gasteiger partial charge in [-0.25, -0.2) is 0 Å². The first kappa shape index (κ1) is 7.86. The molecular formula is C10H8NO2-. The van der Waals surface area contributed by atoms with Crippen molar-refractivity contribution >= 4 is 16.9 Å². The van der Waals surface area contributed by atoms with E-state index in [4.69, 9.17) is 0 Å². The van der Waals surface area contributed by atoms with Crippen molar-refractivity contribution in [1.82, 2.24) is 4.98 Å². The Kier molecular flexibility index (Phi) is 1.59. The van der Waals surface area contributed by atoms with Crippen LogP contribution in [-0.2, 0) is 0 Å². The number of benzene rings is 1. The lowest BCUT2D eigenvalue weighted by Gasteiger charge is -1.93. The van der Waals surface area contributed by atoms with E-state index in [1.807, 2.05) is 25.1 Å². The van der Waals surface area contributed by atoms with Gasteiger partial charge < -0.3 is 14.9 Å². The second-order valence-electron chi connectivity index (χ2n) is 3.06. The van der Waals surface area contributed by atoms with Crippen molar-refractivity contribution in [3.63, 3.8) is 0 Å². The van der Waals surface area contributed by atoms with Crippen LogP contribution in [0.25, 0.3) is 10.9 Å². The highest BCUT2D eigenvalue weighted by Crippen LogP contribution is 2.16. The highest BCUT2D eigenvalue weighted by molar-refractivity contribution is 5.92. The molecule has 0 unspecified atom stereocenters. The molecule has 0 bridgehead atoms. The molecule has 2 rings (SSSR count). The van der Waals surface area contributed by atoms with Crippen molar-refractivity contribution < 1.29 is 9.90 Å². The van der Waals surface area contributed by atoms with Gasteiger partial charge in [-0.3, -0.25) is 0 Å². The molecule has 13 heavy (non-hydrogen) atoms. The first-order valence-corrected chi connectivity index (χ1v) is 3.97. The third-order valence-corrected chi connectivity index (χ3v) is 2.00. The fourth-order valence-electron chi connectivity index (χ4n) is 1.36. The summed E-state index contributed by atoms with van der Waals surface area (Å²) < 4.78 is 0. The van der Waals surface area contributed by atoms with Crippen molar-refractivity contribution in [2.24, 2.45) is 0 Å². The lowest BCUT2D eigenvalue weighted by Crippen LogP contribution is -2.22. The summed E-state index contributed by atoms with van der Waals surface area (Å²) in [6.07, 6.45) is 0. The number of rotatable bonds is 1. The van der Waals surface area contributed by atoms with Gasteiger partial charge in [-0.1, -0.05) is 11.6 Å². The highest BCUT2D eigenvalue weighted by atomic mass is 16.4. The van der Waals surface area contributed by atoms with E-state index in [1.165, 1.54) is 0 Å². The van der Waals surface area contributed by atoms with E-state index >= 15 is 0 Å². The molecule has 3 heteroatoms. The number of aromatic amines is 1. The number of aromatic carboxylic acids is 1. The molecule has 0 fully saturated rings. The summed E-state index contributed by atoms with van der Waals surface area (Å²) in [6, 6.07) is 7.30. The maximum absolute atomic E-state index is 10.5. The van der Waals surface area contributed by atoms with Gasteiger partial charge in [0.2, 0.25) is 0 Å². The number of H-pyrrole nitrogens is 1. The summed E-state index contributed by atoms with van der Waals surface area (Å²) in [6.45, 7) is 1.96. The van der Waals surface area contributed by atoms with E-state index in [2.05, 4.69) is 4.98 Å². The molecule has 0 spiro atoms. The Morgan fingerprint density at radius 2 is 2.15 bits per heavy atom. The number of hydrogen-bond acceptors (Lipinski definition) is 2. The summed E-state index contributed by atoms with van der Waals surface area (Å²) >= 11 is 0. The Labute approximate surface area is 75.0 Å². The molecule has 0 aliphatic heterocycles. The maximum atomic E-state index is 10.5. The minimum Gasteiger partial charge on any atom is -0.543 e. The molecule has 0 aliphatic rings. The maximum Gasteiger partial charge on any atom is 0.0878 e. The molecule has 1 aromatic heterocycles. The summed E-state index contributed by atoms with van der Waals surface area (Å²) in [5, 5.41) is 11.4. The van der Waals surface area contributed by atoms with Crippen molar-refractivity contribution in [1.29, 1.82) is 0 Å². The smallest absolute Gasteiger partial charge is 0.0878 e. The van der Waals surface area contributed by atoms with Crippen LogP contribution in [0.3, 0.4) is 0 Å². The van der Waals surface area contributed by atoms with Crippen LogP contribution in [0.4, 0.5) is 0 Å². The van der Waals surface area contributed by atoms with Crippen LogP contribution in [0, 0.1) is 6.92 Å². The second kappa shape index (κ2) is 2.62. The Morgan fingerprint density at radius 1 is 1.38 bits per heavy atom. The van der Waals surface area contributed by atoms with Crippen LogP contribution in [0.15, 0.2) is 24.3 Å². The Bertz CT molecular complexity index is 471. The number of hydrogen-bond donors (Lipinski definition) is 1. The van der Waals surface area contributed by atoms with Crippen LogP contribution < -0.4 is 5.11 Å². The monoisotopic (exact) mass is 174 g/mol. The Hall–Kier alpha value is -1.77. The molecule has 1 aromatic carbocycles. The highest BCUT2D eigenvalue weighted by Gasteiger charge is 2.00. The van der Waals surface area contributed by atoms with Gasteiger partial charge >= 0.3 is 0 Å². The molecule has 1 N–H and O–H groups in total. The molecule has 66 valence electrons. The number of nitrogens with one attached hydrogen (secondary N) is 1. The second-order valence-corrected chi connectivity index (χ2v) is 3.06. The van der Waals surface area contributed by atoms with Gasteiger partial charge in [-0.2, -0.15) is 0 Å². The number of carboxylic acid groups (broad SMARTS) is 1. The molecule has 0 saturated heterocycles. The first-order chi connectivity index (χ1) is 6.16. The standard InChI is InChI=1S/C10H9NO2/c1-6-2-3-8-7(4-6)5-9(11-8)10(12)13/h2-5,11H,1H3,(H,12,13)/p-1. The van der Waals surface area contributed by atoms with Crippen LogP contribution >= 0.6 is 0 Å². The summed E-state index contributed by atoms with van der Waals surface area (Å²) in [4.78, 5) is 13.3. The van der Waals surface area contributed by atoms with Crippen molar-refractivity contribution in [2.45, 2.75) is 6.92 Å². The van der Waals surface area contributed by atoms with Gasteiger partial charge in [0.1, 0.15) is 0 Å². The number of aryl methyl sites for hydroxylation is 1. The van der Waals surface area contributed by atoms with Crippen LogP contribution in [0.2, 0.25) is 0 Å². The molecule has 2 aromatic rings. The lowest BCUT2D eigenvalue weighted by molar-refractivity contribution is -0.255. The van der Waals surface area contributed by atoms with Crippen molar-refractivity contribution in [2.75, 3.05) is 0 Å². The first-order valence-electron chi connectivity index (χ1n) is 3.97. The number of carbonyl (C=O) groups is 1. The van der Waals surface area contributed by atoms with Crippen molar-refractivity contribution in [3.8, 4) is 0 Å². The summed E-state index contributed by atoms with van der Waals surface area (Å²) in [7, 11) is 0. The van der Waals surface area contributed by atoms with Crippen LogP contribution in [0.5, 0.6) is 0 Å². The molecule has 1 heterocycles. The van der Waals surface area contributed by atoms with Gasteiger partial charge in [-0.15, -0.1) is 0 Å². The van der Waals surface area contributed by atoms with Gasteiger partial charge in [-0.05, 0) is 25.1 Å². The van der Waals surface area contributed by atoms with Crippen LogP contribution in [-0.4, -0.2) is 11.0 Å². The van der Waals surface area contributed by atoms with Crippen molar-refractivity contribution in [3.05, 3.63) is 35.5 Å². The zero-order valence-corrected chi connectivity index (χ0v) is 7.13. The minimum absolute atomic E-state index is 0.126. The van der Waals surface area contributed by atoms with E-state index in [0.29, 0.717) is 0 Å². The molecule has 3 nitrogen and oxygen atoms in total. The third-order valence-electron chi connectivity index (χ3n) is 2.00. The third kappa shape index (κ3) is 1.28. The predicted molar refractivity (Wildman–Crippen MR) is 47.4 cm³/mol. The lowest BCUT2D eigenvalue weighted by atomic mass is 10.2. The SMILES string of the molecule is Cc1ccc2[nH]c(C(=O)[O-])cc2c1. The Balaban J connectivity index is 2.68. The topological polar surface area (TPSA) is 55.9 Å². The number of fused-ring (bicyclic) bond motifs is 1. The van der Waals surface area contributed by atoms with E-state index in [-0.39, 0.29) is 5.69 Å². The van der Waals surface area contributed by atoms with Gasteiger partial charge in [0.05, 0.1) is 11.7 Å². The molecule has 0 aliphatic carbocycles. The zero-order valence-electron chi connectivity index (χ0n) is 7.13. The quantitative estimate of drug-likeness (QED) is 0.696.